The van der Waals surface area contributed by atoms with Crippen molar-refractivity contribution in [1.82, 2.24) is 9.80 Å². The van der Waals surface area contributed by atoms with Gasteiger partial charge in [0.25, 0.3) is 0 Å². The maximum absolute atomic E-state index is 12.5. The van der Waals surface area contributed by atoms with Crippen LogP contribution in [0.5, 0.6) is 0 Å². The van der Waals surface area contributed by atoms with Crippen molar-refractivity contribution in [3.05, 3.63) is 35.4 Å². The molecule has 1 aromatic carbocycles. The summed E-state index contributed by atoms with van der Waals surface area (Å²) in [7, 11) is 0. The molecule has 126 valence electrons. The molecule has 2 saturated heterocycles. The lowest BCUT2D eigenvalue weighted by Gasteiger charge is -2.45. The Morgan fingerprint density at radius 2 is 1.83 bits per heavy atom. The number of carbonyl (C=O) groups excluding carboxylic acids is 1. The highest BCUT2D eigenvalue weighted by Crippen LogP contribution is 2.39. The van der Waals surface area contributed by atoms with E-state index in [9.17, 15) is 4.79 Å². The second-order valence-electron chi connectivity index (χ2n) is 7.68. The summed E-state index contributed by atoms with van der Waals surface area (Å²) in [5.74, 6) is 0.477. The first-order valence-electron chi connectivity index (χ1n) is 9.10. The molecule has 1 aromatic rings. The average Bonchev–Trinajstić information content (AvgIpc) is 2.94. The third-order valence-corrected chi connectivity index (χ3v) is 5.80. The smallest absolute Gasteiger partial charge is 0.225 e. The molecule has 3 heteroatoms. The van der Waals surface area contributed by atoms with Gasteiger partial charge in [0.2, 0.25) is 5.91 Å². The summed E-state index contributed by atoms with van der Waals surface area (Å²) >= 11 is 0. The van der Waals surface area contributed by atoms with E-state index in [-0.39, 0.29) is 11.5 Å². The Kier molecular flexibility index (Phi) is 4.77. The monoisotopic (exact) mass is 314 g/mol. The Bertz CT molecular complexity index is 559. The van der Waals surface area contributed by atoms with E-state index in [1.807, 2.05) is 13.8 Å². The van der Waals surface area contributed by atoms with E-state index in [4.69, 9.17) is 0 Å². The lowest BCUT2D eigenvalue weighted by atomic mass is 9.84. The molecule has 0 bridgehead atoms. The van der Waals surface area contributed by atoms with Crippen molar-refractivity contribution in [2.75, 3.05) is 19.6 Å². The van der Waals surface area contributed by atoms with E-state index in [1.54, 1.807) is 0 Å². The molecule has 1 amide bonds. The lowest BCUT2D eigenvalue weighted by Crippen LogP contribution is -2.54. The van der Waals surface area contributed by atoms with Crippen molar-refractivity contribution in [3.8, 4) is 0 Å². The van der Waals surface area contributed by atoms with Crippen LogP contribution in [-0.2, 0) is 11.3 Å². The summed E-state index contributed by atoms with van der Waals surface area (Å²) in [4.78, 5) is 17.3. The molecule has 2 aliphatic rings. The first kappa shape index (κ1) is 16.5. The van der Waals surface area contributed by atoms with E-state index in [2.05, 4.69) is 41.0 Å². The zero-order chi connectivity index (χ0) is 16.4. The van der Waals surface area contributed by atoms with Gasteiger partial charge in [-0.1, -0.05) is 38.1 Å². The van der Waals surface area contributed by atoms with Gasteiger partial charge in [0.1, 0.15) is 0 Å². The minimum absolute atomic E-state index is 0.120. The van der Waals surface area contributed by atoms with Crippen molar-refractivity contribution in [2.24, 2.45) is 5.92 Å². The van der Waals surface area contributed by atoms with Crippen molar-refractivity contribution < 1.29 is 4.79 Å². The standard InChI is InChI=1S/C20H30N2O/c1-16(2)19(23)22-12-6-9-20(22)10-13-21(14-11-20)15-18-8-5-4-7-17(18)3/h4-5,7-8,16H,6,9-15H2,1-3H3. The van der Waals surface area contributed by atoms with Gasteiger partial charge >= 0.3 is 0 Å². The van der Waals surface area contributed by atoms with Gasteiger partial charge < -0.3 is 4.90 Å². The van der Waals surface area contributed by atoms with Crippen molar-refractivity contribution >= 4 is 5.91 Å². The van der Waals surface area contributed by atoms with Crippen LogP contribution in [0.15, 0.2) is 24.3 Å². The van der Waals surface area contributed by atoms with Crippen LogP contribution < -0.4 is 0 Å². The summed E-state index contributed by atoms with van der Waals surface area (Å²) in [5.41, 5.74) is 2.97. The van der Waals surface area contributed by atoms with Gasteiger partial charge in [-0.25, -0.2) is 0 Å². The fraction of sp³-hybridized carbons (Fsp3) is 0.650. The Hall–Kier alpha value is -1.35. The van der Waals surface area contributed by atoms with Gasteiger partial charge in [-0.15, -0.1) is 0 Å². The van der Waals surface area contributed by atoms with Gasteiger partial charge in [0, 0.05) is 37.6 Å². The van der Waals surface area contributed by atoms with Crippen LogP contribution >= 0.6 is 0 Å². The Balaban J connectivity index is 1.63. The topological polar surface area (TPSA) is 23.6 Å². The zero-order valence-electron chi connectivity index (χ0n) is 14.8. The van der Waals surface area contributed by atoms with Crippen LogP contribution in [0.4, 0.5) is 0 Å². The Morgan fingerprint density at radius 1 is 1.13 bits per heavy atom. The second kappa shape index (κ2) is 6.64. The quantitative estimate of drug-likeness (QED) is 0.851. The number of likely N-dealkylation sites (tertiary alicyclic amines) is 2. The molecule has 2 heterocycles. The molecule has 3 nitrogen and oxygen atoms in total. The van der Waals surface area contributed by atoms with Crippen LogP contribution in [-0.4, -0.2) is 40.9 Å². The second-order valence-corrected chi connectivity index (χ2v) is 7.68. The average molecular weight is 314 g/mol. The van der Waals surface area contributed by atoms with Gasteiger partial charge in [-0.2, -0.15) is 0 Å². The fourth-order valence-electron chi connectivity index (χ4n) is 4.27. The molecule has 23 heavy (non-hydrogen) atoms. The zero-order valence-corrected chi connectivity index (χ0v) is 14.8. The van der Waals surface area contributed by atoms with Crippen LogP contribution in [0, 0.1) is 12.8 Å². The lowest BCUT2D eigenvalue weighted by molar-refractivity contribution is -0.140. The van der Waals surface area contributed by atoms with E-state index in [0.717, 1.165) is 39.0 Å². The molecule has 2 fully saturated rings. The van der Waals surface area contributed by atoms with Crippen LogP contribution in [0.1, 0.15) is 50.7 Å². The molecule has 0 aromatic heterocycles. The summed E-state index contributed by atoms with van der Waals surface area (Å²) in [6.07, 6.45) is 4.65. The van der Waals surface area contributed by atoms with Crippen molar-refractivity contribution in [2.45, 2.75) is 58.5 Å². The number of amides is 1. The first-order valence-corrected chi connectivity index (χ1v) is 9.10. The predicted octanol–water partition coefficient (Wildman–Crippen LogP) is 3.61. The highest BCUT2D eigenvalue weighted by molar-refractivity contribution is 5.79. The van der Waals surface area contributed by atoms with Crippen LogP contribution in [0.25, 0.3) is 0 Å². The maximum atomic E-state index is 12.5. The van der Waals surface area contributed by atoms with Crippen molar-refractivity contribution in [1.29, 1.82) is 0 Å². The maximum Gasteiger partial charge on any atom is 0.225 e. The number of aryl methyl sites for hydroxylation is 1. The summed E-state index contributed by atoms with van der Waals surface area (Å²) in [6, 6.07) is 8.68. The third-order valence-electron chi connectivity index (χ3n) is 5.80. The number of nitrogens with zero attached hydrogens (tertiary/aromatic N) is 2. The van der Waals surface area contributed by atoms with Gasteiger partial charge in [0.05, 0.1) is 0 Å². The summed E-state index contributed by atoms with van der Waals surface area (Å²) in [6.45, 7) is 10.5. The molecular weight excluding hydrogens is 284 g/mol. The molecule has 2 aliphatic heterocycles. The van der Waals surface area contributed by atoms with Crippen molar-refractivity contribution in [3.63, 3.8) is 0 Å². The van der Waals surface area contributed by atoms with E-state index in [0.29, 0.717) is 5.91 Å². The normalized spacial score (nSPS) is 21.3. The van der Waals surface area contributed by atoms with Gasteiger partial charge in [0.15, 0.2) is 0 Å². The van der Waals surface area contributed by atoms with E-state index >= 15 is 0 Å². The molecule has 1 spiro atoms. The number of carbonyl (C=O) groups is 1. The number of hydrogen-bond acceptors (Lipinski definition) is 2. The molecule has 0 radical (unpaired) electrons. The van der Waals surface area contributed by atoms with Crippen LogP contribution in [0.3, 0.4) is 0 Å². The minimum atomic E-state index is 0.120. The van der Waals surface area contributed by atoms with Gasteiger partial charge in [-0.05, 0) is 43.7 Å². The summed E-state index contributed by atoms with van der Waals surface area (Å²) < 4.78 is 0. The van der Waals surface area contributed by atoms with E-state index < -0.39 is 0 Å². The molecule has 0 aliphatic carbocycles. The predicted molar refractivity (Wildman–Crippen MR) is 94.2 cm³/mol. The number of benzene rings is 1. The van der Waals surface area contributed by atoms with Crippen LogP contribution in [0.2, 0.25) is 0 Å². The van der Waals surface area contributed by atoms with E-state index in [1.165, 1.54) is 24.0 Å². The Labute approximate surface area is 140 Å². The highest BCUT2D eigenvalue weighted by Gasteiger charge is 2.45. The first-order chi connectivity index (χ1) is 11.0. The summed E-state index contributed by atoms with van der Waals surface area (Å²) in [5, 5.41) is 0. The number of rotatable bonds is 3. The molecule has 0 unspecified atom stereocenters. The molecular formula is C20H30N2O. The molecule has 0 saturated carbocycles. The highest BCUT2D eigenvalue weighted by atomic mass is 16.2. The third kappa shape index (κ3) is 3.30. The number of hydrogen-bond donors (Lipinski definition) is 0. The molecule has 3 rings (SSSR count). The Morgan fingerprint density at radius 3 is 2.48 bits per heavy atom. The minimum Gasteiger partial charge on any atom is -0.337 e. The largest absolute Gasteiger partial charge is 0.337 e. The van der Waals surface area contributed by atoms with Gasteiger partial charge in [-0.3, -0.25) is 9.69 Å². The molecule has 0 atom stereocenters. The number of piperidine rings is 1. The molecule has 0 N–H and O–H groups in total. The SMILES string of the molecule is Cc1ccccc1CN1CCC2(CCCN2C(=O)C(C)C)CC1. The fourth-order valence-corrected chi connectivity index (χ4v) is 4.27.